The fourth-order valence-corrected chi connectivity index (χ4v) is 2.93. The molecule has 0 radical (unpaired) electrons. The van der Waals surface area contributed by atoms with Crippen molar-refractivity contribution in [3.8, 4) is 5.75 Å². The minimum Gasteiger partial charge on any atom is -0.494 e. The predicted molar refractivity (Wildman–Crippen MR) is 116 cm³/mol. The summed E-state index contributed by atoms with van der Waals surface area (Å²) in [7, 11) is 1.51. The number of methoxy groups -OCH3 is 1. The van der Waals surface area contributed by atoms with Gasteiger partial charge >= 0.3 is 0 Å². The third kappa shape index (κ3) is 5.08. The number of anilines is 2. The first-order valence-electron chi connectivity index (χ1n) is 9.12. The molecule has 3 rings (SSSR count). The van der Waals surface area contributed by atoms with E-state index < -0.39 is 5.82 Å². The van der Waals surface area contributed by atoms with Gasteiger partial charge in [-0.2, -0.15) is 0 Å². The molecule has 0 amide bonds. The first-order chi connectivity index (χ1) is 14.1. The molecule has 0 saturated heterocycles. The smallest absolute Gasteiger partial charge is 0.153 e. The van der Waals surface area contributed by atoms with Crippen molar-refractivity contribution in [2.45, 2.75) is 6.42 Å². The van der Waals surface area contributed by atoms with E-state index in [0.717, 1.165) is 12.0 Å². The van der Waals surface area contributed by atoms with Gasteiger partial charge in [0.1, 0.15) is 12.5 Å². The molecule has 2 aromatic carbocycles. The van der Waals surface area contributed by atoms with Gasteiger partial charge in [-0.05, 0) is 42.3 Å². The molecule has 0 fully saturated rings. The number of hydrogen-bond acceptors (Lipinski definition) is 6. The van der Waals surface area contributed by atoms with Gasteiger partial charge in [0.15, 0.2) is 5.75 Å². The van der Waals surface area contributed by atoms with E-state index in [4.69, 9.17) is 20.6 Å². The maximum Gasteiger partial charge on any atom is 0.153 e. The second-order valence-electron chi connectivity index (χ2n) is 6.34. The van der Waals surface area contributed by atoms with Gasteiger partial charge in [0.05, 0.1) is 30.7 Å². The number of hydrogen-bond donors (Lipinski definition) is 3. The van der Waals surface area contributed by atoms with Gasteiger partial charge in [-0.1, -0.05) is 18.2 Å². The number of nitrogen functional groups attached to an aromatic ring is 1. The molecule has 0 saturated carbocycles. The largest absolute Gasteiger partial charge is 0.494 e. The summed E-state index contributed by atoms with van der Waals surface area (Å²) in [5, 5.41) is 11.6. The number of nitrogens with zero attached hydrogens (tertiary/aromatic N) is 1. The minimum atomic E-state index is -0.416. The van der Waals surface area contributed by atoms with Crippen LogP contribution < -0.4 is 15.8 Å². The van der Waals surface area contributed by atoms with Crippen molar-refractivity contribution in [1.29, 1.82) is 5.41 Å². The van der Waals surface area contributed by atoms with Crippen molar-refractivity contribution in [2.75, 3.05) is 31.5 Å². The lowest BCUT2D eigenvalue weighted by atomic mass is 9.99. The fourth-order valence-electron chi connectivity index (χ4n) is 2.93. The summed E-state index contributed by atoms with van der Waals surface area (Å²) in [4.78, 5) is 4.08. The molecule has 1 aromatic heterocycles. The highest BCUT2D eigenvalue weighted by Gasteiger charge is 2.18. The van der Waals surface area contributed by atoms with E-state index in [1.54, 1.807) is 30.5 Å². The average Bonchev–Trinajstić information content (AvgIpc) is 2.74. The highest BCUT2D eigenvalue weighted by Crippen LogP contribution is 2.34. The summed E-state index contributed by atoms with van der Waals surface area (Å²) in [6.45, 7) is 0.787. The van der Waals surface area contributed by atoms with E-state index in [2.05, 4.69) is 10.3 Å². The number of aromatic nitrogens is 1. The van der Waals surface area contributed by atoms with Crippen molar-refractivity contribution in [2.24, 2.45) is 0 Å². The second-order valence-corrected chi connectivity index (χ2v) is 6.34. The molecule has 29 heavy (non-hydrogen) atoms. The molecule has 0 aliphatic rings. The monoisotopic (exact) mass is 398 g/mol. The van der Waals surface area contributed by atoms with E-state index in [9.17, 15) is 4.39 Å². The molecule has 0 aliphatic heterocycles. The first kappa shape index (κ1) is 20.3. The lowest BCUT2D eigenvalue weighted by Crippen LogP contribution is -2.13. The Morgan fingerprint density at radius 3 is 2.83 bits per heavy atom. The molecule has 0 spiro atoms. The van der Waals surface area contributed by atoms with Crippen LogP contribution in [0.15, 0.2) is 60.9 Å². The van der Waals surface area contributed by atoms with Crippen LogP contribution in [-0.4, -0.2) is 31.1 Å². The molecular formula is C22H27FN4O2. The lowest BCUT2D eigenvalue weighted by molar-refractivity contribution is 0.155. The van der Waals surface area contributed by atoms with Crippen molar-refractivity contribution < 1.29 is 16.7 Å². The molecule has 6 nitrogen and oxygen atoms in total. The van der Waals surface area contributed by atoms with Crippen LogP contribution in [0.2, 0.25) is 0 Å². The standard InChI is InChI=1S/C22H23FN4O2.2H2/c1-28-22-19(27-14-29-11-9-15-4-3-10-26-13-15)8-7-18(24)20(22)21(25)16-5-2-6-17(23)12-16;;/h2-8,10,12-13,25,27H,9,11,14,24H2,1H3;2*1H. The van der Waals surface area contributed by atoms with Gasteiger partial charge in [-0.25, -0.2) is 4.39 Å². The number of benzene rings is 2. The van der Waals surface area contributed by atoms with Crippen molar-refractivity contribution in [3.63, 3.8) is 0 Å². The number of halogens is 1. The van der Waals surface area contributed by atoms with E-state index >= 15 is 0 Å². The summed E-state index contributed by atoms with van der Waals surface area (Å²) >= 11 is 0. The van der Waals surface area contributed by atoms with Crippen LogP contribution in [0.4, 0.5) is 15.8 Å². The van der Waals surface area contributed by atoms with Gasteiger partial charge in [0, 0.05) is 26.5 Å². The Hall–Kier alpha value is -3.45. The fraction of sp³-hybridized carbons (Fsp3) is 0.182. The molecule has 4 N–H and O–H groups in total. The number of nitrogens with two attached hydrogens (primary N) is 1. The van der Waals surface area contributed by atoms with Crippen LogP contribution in [0.1, 0.15) is 19.5 Å². The van der Waals surface area contributed by atoms with Crippen LogP contribution in [0.5, 0.6) is 5.75 Å². The van der Waals surface area contributed by atoms with Crippen molar-refractivity contribution in [3.05, 3.63) is 83.4 Å². The van der Waals surface area contributed by atoms with Crippen LogP contribution >= 0.6 is 0 Å². The Morgan fingerprint density at radius 1 is 1.24 bits per heavy atom. The van der Waals surface area contributed by atoms with Crippen LogP contribution in [-0.2, 0) is 11.2 Å². The van der Waals surface area contributed by atoms with Gasteiger partial charge in [-0.3, -0.25) is 10.4 Å². The number of nitrogens with one attached hydrogen (secondary N) is 2. The molecule has 1 heterocycles. The Morgan fingerprint density at radius 2 is 2.10 bits per heavy atom. The average molecular weight is 398 g/mol. The van der Waals surface area contributed by atoms with Gasteiger partial charge in [0.25, 0.3) is 0 Å². The van der Waals surface area contributed by atoms with Gasteiger partial charge in [-0.15, -0.1) is 0 Å². The normalized spacial score (nSPS) is 10.6. The maximum absolute atomic E-state index is 13.6. The first-order valence-corrected chi connectivity index (χ1v) is 9.12. The third-order valence-electron chi connectivity index (χ3n) is 4.38. The van der Waals surface area contributed by atoms with E-state index in [-0.39, 0.29) is 15.3 Å². The Kier molecular flexibility index (Phi) is 6.76. The molecular weight excluding hydrogens is 371 g/mol. The van der Waals surface area contributed by atoms with Gasteiger partial charge in [0.2, 0.25) is 0 Å². The van der Waals surface area contributed by atoms with Crippen molar-refractivity contribution >= 4 is 17.1 Å². The predicted octanol–water partition coefficient (Wildman–Crippen LogP) is 4.35. The maximum atomic E-state index is 13.6. The summed E-state index contributed by atoms with van der Waals surface area (Å²) in [6, 6.07) is 13.2. The molecule has 0 bridgehead atoms. The SMILES string of the molecule is COc1c(NCOCCc2cccnc2)ccc(N)c1C(=N)c1cccc(F)c1.[HH].[HH]. The van der Waals surface area contributed by atoms with Crippen LogP contribution in [0.3, 0.4) is 0 Å². The summed E-state index contributed by atoms with van der Waals surface area (Å²) in [6.07, 6.45) is 4.30. The molecule has 3 aromatic rings. The lowest BCUT2D eigenvalue weighted by Gasteiger charge is -2.18. The van der Waals surface area contributed by atoms with Crippen molar-refractivity contribution in [1.82, 2.24) is 4.98 Å². The summed E-state index contributed by atoms with van der Waals surface area (Å²) < 4.78 is 24.7. The Labute approximate surface area is 172 Å². The van der Waals surface area contributed by atoms with E-state index in [1.807, 2.05) is 18.3 Å². The zero-order chi connectivity index (χ0) is 20.6. The molecule has 7 heteroatoms. The Bertz CT molecular complexity index is 990. The quantitative estimate of drug-likeness (QED) is 0.216. The van der Waals surface area contributed by atoms with Crippen LogP contribution in [0, 0.1) is 11.2 Å². The minimum absolute atomic E-state index is 0. The molecule has 154 valence electrons. The van der Waals surface area contributed by atoms with Gasteiger partial charge < -0.3 is 20.5 Å². The topological polar surface area (TPSA) is 93.2 Å². The third-order valence-corrected chi connectivity index (χ3v) is 4.38. The Balaban J connectivity index is 0.00000240. The zero-order valence-corrected chi connectivity index (χ0v) is 16.1. The number of rotatable bonds is 9. The number of pyridine rings is 1. The van der Waals surface area contributed by atoms with Crippen LogP contribution in [0.25, 0.3) is 0 Å². The summed E-state index contributed by atoms with van der Waals surface area (Å²) in [5.41, 5.74) is 9.12. The number of ether oxygens (including phenoxy) is 2. The van der Waals surface area contributed by atoms with E-state index in [1.165, 1.54) is 19.2 Å². The van der Waals surface area contributed by atoms with E-state index in [0.29, 0.717) is 34.9 Å². The summed E-state index contributed by atoms with van der Waals surface area (Å²) in [5.74, 6) is -0.00351. The second kappa shape index (κ2) is 9.66. The zero-order valence-electron chi connectivity index (χ0n) is 16.1. The highest BCUT2D eigenvalue weighted by molar-refractivity contribution is 6.16. The molecule has 0 unspecified atom stereocenters. The highest BCUT2D eigenvalue weighted by atomic mass is 19.1. The molecule has 0 aliphatic carbocycles. The molecule has 0 atom stereocenters.